The lowest BCUT2D eigenvalue weighted by atomic mass is 9.74. The van der Waals surface area contributed by atoms with E-state index in [9.17, 15) is 8.42 Å². The molecule has 0 amide bonds. The van der Waals surface area contributed by atoms with E-state index < -0.39 is 27.1 Å². The Bertz CT molecular complexity index is 1790. The highest BCUT2D eigenvalue weighted by atomic mass is 32.2. The second-order valence-corrected chi connectivity index (χ2v) is 15.0. The van der Waals surface area contributed by atoms with Crippen molar-refractivity contribution in [2.45, 2.75) is 69.1 Å². The van der Waals surface area contributed by atoms with Crippen LogP contribution in [0.3, 0.4) is 0 Å². The van der Waals surface area contributed by atoms with Gasteiger partial charge in [-0.15, -0.1) is 0 Å². The Morgan fingerprint density at radius 3 is 2.52 bits per heavy atom. The molecule has 0 radical (unpaired) electrons. The van der Waals surface area contributed by atoms with Gasteiger partial charge < -0.3 is 20.5 Å². The molecule has 2 aliphatic rings. The highest BCUT2D eigenvalue weighted by Gasteiger charge is 2.38. The van der Waals surface area contributed by atoms with Crippen LogP contribution in [0.5, 0.6) is 0 Å². The van der Waals surface area contributed by atoms with Crippen LogP contribution in [0.25, 0.3) is 16.8 Å². The molecule has 4 atom stereocenters. The Morgan fingerprint density at radius 2 is 1.85 bits per heavy atom. The number of nitrogens with one attached hydrogen (secondary N) is 1. The molecule has 10 nitrogen and oxygen atoms in total. The van der Waals surface area contributed by atoms with Crippen LogP contribution >= 0.6 is 0 Å². The number of hydrogen-bond acceptors (Lipinski definition) is 9. The number of anilines is 2. The van der Waals surface area contributed by atoms with Crippen LogP contribution in [0.4, 0.5) is 20.4 Å². The fourth-order valence-corrected chi connectivity index (χ4v) is 7.57. The van der Waals surface area contributed by atoms with Crippen LogP contribution in [0.15, 0.2) is 48.9 Å². The van der Waals surface area contributed by atoms with Crippen LogP contribution in [-0.2, 0) is 24.9 Å². The summed E-state index contributed by atoms with van der Waals surface area (Å²) < 4.78 is 67.4. The first kappa shape index (κ1) is 32.4. The van der Waals surface area contributed by atoms with Crippen LogP contribution in [-0.4, -0.2) is 65.9 Å². The van der Waals surface area contributed by atoms with Gasteiger partial charge in [0.15, 0.2) is 0 Å². The Balaban J connectivity index is 1.25. The molecular formula is C33H40F2N6O4S. The van der Waals surface area contributed by atoms with Crippen molar-refractivity contribution in [1.29, 1.82) is 0 Å². The zero-order chi connectivity index (χ0) is 32.6. The number of nitrogens with zero attached hydrogens (tertiary/aromatic N) is 4. The molecular weight excluding hydrogens is 614 g/mol. The van der Waals surface area contributed by atoms with Gasteiger partial charge in [-0.2, -0.15) is 9.61 Å². The van der Waals surface area contributed by atoms with E-state index in [2.05, 4.69) is 27.3 Å². The van der Waals surface area contributed by atoms with E-state index in [1.54, 1.807) is 37.8 Å². The van der Waals surface area contributed by atoms with Gasteiger partial charge in [0.05, 0.1) is 58.9 Å². The van der Waals surface area contributed by atoms with Crippen molar-refractivity contribution in [3.05, 3.63) is 71.7 Å². The first-order valence-electron chi connectivity index (χ1n) is 15.6. The van der Waals surface area contributed by atoms with Crippen molar-refractivity contribution in [2.24, 2.45) is 11.7 Å². The maximum absolute atomic E-state index is 15.6. The van der Waals surface area contributed by atoms with Gasteiger partial charge in [0.1, 0.15) is 21.5 Å². The Kier molecular flexibility index (Phi) is 9.12. The van der Waals surface area contributed by atoms with Gasteiger partial charge >= 0.3 is 0 Å². The standard InChI is InChI=1S/C33H40F2N6O4S/c1-20-14-21(15-27(36)31(20)45-12-13-46(3,42)43)24-8-11-37-19-29(24)39-32-38-18-23-6-7-28(40-41(23)32)30-25(34)16-22(17-26(30)35)33(44-2)9-4-5-10-33/h6-8,11,16-21,27,31H,4-5,9-10,12-15,36H2,1-3H3,(H,38,39)/t20-,21+,27+,31-/m0/s1. The summed E-state index contributed by atoms with van der Waals surface area (Å²) >= 11 is 0. The van der Waals surface area contributed by atoms with Gasteiger partial charge in [-0.25, -0.2) is 22.2 Å². The van der Waals surface area contributed by atoms with E-state index in [0.29, 0.717) is 29.1 Å². The minimum absolute atomic E-state index is 0.0437. The second-order valence-electron chi connectivity index (χ2n) is 12.7. The van der Waals surface area contributed by atoms with Crippen molar-refractivity contribution in [2.75, 3.05) is 31.0 Å². The number of aromatic nitrogens is 4. The SMILES string of the molecule is COC1(c2cc(F)c(-c3ccc4cnc(Nc5cnccc5[C@H]5C[C@@H](N)[C@@H](OCCS(C)(=O)=O)[C@@H](C)C5)n4n3)c(F)c2)CCCC1. The van der Waals surface area contributed by atoms with Gasteiger partial charge in [-0.3, -0.25) is 4.98 Å². The molecule has 0 saturated heterocycles. The summed E-state index contributed by atoms with van der Waals surface area (Å²) in [6.07, 6.45) is 10.7. The monoisotopic (exact) mass is 654 g/mol. The number of rotatable bonds is 10. The molecule has 246 valence electrons. The first-order chi connectivity index (χ1) is 22.0. The minimum Gasteiger partial charge on any atom is -0.375 e. The largest absolute Gasteiger partial charge is 0.375 e. The lowest BCUT2D eigenvalue weighted by Crippen LogP contribution is -2.47. The molecule has 2 saturated carbocycles. The molecule has 6 rings (SSSR count). The number of ether oxygens (including phenoxy) is 2. The molecule has 2 fully saturated rings. The summed E-state index contributed by atoms with van der Waals surface area (Å²) in [5.74, 6) is -0.904. The van der Waals surface area contributed by atoms with Crippen LogP contribution in [0, 0.1) is 17.6 Å². The molecule has 0 bridgehead atoms. The fraction of sp³-hybridized carbons (Fsp3) is 0.485. The average molecular weight is 655 g/mol. The van der Waals surface area contributed by atoms with Crippen molar-refractivity contribution < 1.29 is 26.7 Å². The van der Waals surface area contributed by atoms with Crippen LogP contribution in [0.1, 0.15) is 62.5 Å². The predicted molar refractivity (Wildman–Crippen MR) is 172 cm³/mol. The number of fused-ring (bicyclic) bond motifs is 1. The molecule has 2 aliphatic carbocycles. The van der Waals surface area contributed by atoms with Crippen LogP contribution in [0.2, 0.25) is 0 Å². The molecule has 1 aromatic carbocycles. The molecule has 0 aliphatic heterocycles. The van der Waals surface area contributed by atoms with E-state index in [4.69, 9.17) is 15.2 Å². The third kappa shape index (κ3) is 6.51. The Labute approximate surface area is 267 Å². The molecule has 13 heteroatoms. The van der Waals surface area contributed by atoms with Gasteiger partial charge in [0, 0.05) is 25.6 Å². The number of hydrogen-bond donors (Lipinski definition) is 2. The molecule has 3 N–H and O–H groups in total. The number of methoxy groups -OCH3 is 1. The van der Waals surface area contributed by atoms with Gasteiger partial charge in [-0.1, -0.05) is 19.8 Å². The highest BCUT2D eigenvalue weighted by molar-refractivity contribution is 7.90. The third-order valence-electron chi connectivity index (χ3n) is 9.51. The summed E-state index contributed by atoms with van der Waals surface area (Å²) in [7, 11) is -1.54. The van der Waals surface area contributed by atoms with E-state index in [1.165, 1.54) is 22.9 Å². The number of benzene rings is 1. The molecule has 4 aromatic rings. The van der Waals surface area contributed by atoms with Crippen molar-refractivity contribution >= 4 is 27.0 Å². The number of pyridine rings is 1. The summed E-state index contributed by atoms with van der Waals surface area (Å²) in [5.41, 5.74) is 8.65. The van der Waals surface area contributed by atoms with E-state index in [1.807, 2.05) is 6.07 Å². The smallest absolute Gasteiger partial charge is 0.229 e. The van der Waals surface area contributed by atoms with Gasteiger partial charge in [0.25, 0.3) is 0 Å². The maximum Gasteiger partial charge on any atom is 0.229 e. The quantitative estimate of drug-likeness (QED) is 0.227. The van der Waals surface area contributed by atoms with Gasteiger partial charge in [0.2, 0.25) is 5.95 Å². The Hall–Kier alpha value is -3.52. The molecule has 46 heavy (non-hydrogen) atoms. The maximum atomic E-state index is 15.6. The summed E-state index contributed by atoms with van der Waals surface area (Å²) in [4.78, 5) is 8.82. The molecule has 3 heterocycles. The predicted octanol–water partition coefficient (Wildman–Crippen LogP) is 5.50. The number of sulfone groups is 1. The number of imidazole rings is 1. The van der Waals surface area contributed by atoms with Crippen molar-refractivity contribution in [3.8, 4) is 11.3 Å². The minimum atomic E-state index is -3.13. The zero-order valence-electron chi connectivity index (χ0n) is 26.2. The molecule has 0 unspecified atom stereocenters. The van der Waals surface area contributed by atoms with E-state index in [0.717, 1.165) is 37.7 Å². The lowest BCUT2D eigenvalue weighted by molar-refractivity contribution is -0.0152. The third-order valence-corrected chi connectivity index (χ3v) is 10.4. The van der Waals surface area contributed by atoms with E-state index >= 15 is 8.78 Å². The first-order valence-corrected chi connectivity index (χ1v) is 17.7. The molecule has 3 aromatic heterocycles. The second kappa shape index (κ2) is 12.9. The summed E-state index contributed by atoms with van der Waals surface area (Å²) in [6.45, 7) is 2.18. The fourth-order valence-electron chi connectivity index (χ4n) is 7.17. The summed E-state index contributed by atoms with van der Waals surface area (Å²) in [5, 5.41) is 7.93. The Morgan fingerprint density at radius 1 is 1.11 bits per heavy atom. The molecule has 0 spiro atoms. The van der Waals surface area contributed by atoms with E-state index in [-0.39, 0.29) is 47.6 Å². The number of nitrogens with two attached hydrogens (primary N) is 1. The average Bonchev–Trinajstić information content (AvgIpc) is 3.66. The lowest BCUT2D eigenvalue weighted by Gasteiger charge is -2.39. The van der Waals surface area contributed by atoms with Gasteiger partial charge in [-0.05, 0) is 79.0 Å². The zero-order valence-corrected chi connectivity index (χ0v) is 27.1. The summed E-state index contributed by atoms with van der Waals surface area (Å²) in [6, 6.07) is 7.69. The van der Waals surface area contributed by atoms with Crippen molar-refractivity contribution in [1.82, 2.24) is 19.6 Å². The highest BCUT2D eigenvalue weighted by Crippen LogP contribution is 2.43. The van der Waals surface area contributed by atoms with Crippen molar-refractivity contribution in [3.63, 3.8) is 0 Å². The number of halogens is 2. The normalized spacial score (nSPS) is 23.2. The topological polar surface area (TPSA) is 134 Å². The van der Waals surface area contributed by atoms with Crippen LogP contribution < -0.4 is 11.1 Å².